The molecule has 0 radical (unpaired) electrons. The van der Waals surface area contributed by atoms with Gasteiger partial charge in [0.05, 0.1) is 19.0 Å². The molecule has 2 N–H and O–H groups in total. The van der Waals surface area contributed by atoms with E-state index in [1.165, 1.54) is 31.4 Å². The van der Waals surface area contributed by atoms with Crippen LogP contribution in [0.15, 0.2) is 42.6 Å². The van der Waals surface area contributed by atoms with E-state index < -0.39 is 12.7 Å². The van der Waals surface area contributed by atoms with E-state index in [0.717, 1.165) is 0 Å². The van der Waals surface area contributed by atoms with Crippen molar-refractivity contribution in [3.8, 4) is 11.6 Å². The van der Waals surface area contributed by atoms with Crippen molar-refractivity contribution in [2.24, 2.45) is 0 Å². The molecule has 0 saturated heterocycles. The van der Waals surface area contributed by atoms with E-state index in [4.69, 9.17) is 4.74 Å². The quantitative estimate of drug-likeness (QED) is 0.812. The first kappa shape index (κ1) is 17.5. The fraction of sp³-hybridized carbons (Fsp3) is 0.250. The Morgan fingerprint density at radius 2 is 1.79 bits per heavy atom. The molecule has 0 saturated carbocycles. The zero-order chi connectivity index (χ0) is 17.5. The van der Waals surface area contributed by atoms with E-state index in [1.807, 2.05) is 0 Å². The van der Waals surface area contributed by atoms with Gasteiger partial charge in [-0.1, -0.05) is 0 Å². The van der Waals surface area contributed by atoms with Crippen molar-refractivity contribution in [1.29, 1.82) is 0 Å². The van der Waals surface area contributed by atoms with E-state index in [2.05, 4.69) is 20.4 Å². The smallest absolute Gasteiger partial charge is 0.387 e. The summed E-state index contributed by atoms with van der Waals surface area (Å²) in [5.74, 6) is 0.218. The summed E-state index contributed by atoms with van der Waals surface area (Å²) in [5.41, 5.74) is 1.14. The Hall–Kier alpha value is -2.90. The molecular formula is C16H17F2N3O3. The van der Waals surface area contributed by atoms with Crippen molar-refractivity contribution in [2.45, 2.75) is 19.6 Å². The number of alkyl halides is 2. The summed E-state index contributed by atoms with van der Waals surface area (Å²) in [6.07, 6.45) is 1.55. The van der Waals surface area contributed by atoms with Crippen LogP contribution < -0.4 is 20.1 Å². The SMILES string of the molecule is COc1ccc(NC(C)C(=O)Nc2ccc(OC(F)F)cc2)cn1. The van der Waals surface area contributed by atoms with E-state index in [0.29, 0.717) is 17.3 Å². The molecule has 1 aromatic carbocycles. The van der Waals surface area contributed by atoms with Gasteiger partial charge in [-0.15, -0.1) is 0 Å². The van der Waals surface area contributed by atoms with Gasteiger partial charge in [0.25, 0.3) is 0 Å². The average Bonchev–Trinajstić information content (AvgIpc) is 2.56. The van der Waals surface area contributed by atoms with Crippen LogP contribution in [-0.4, -0.2) is 30.7 Å². The maximum Gasteiger partial charge on any atom is 0.387 e. The number of benzene rings is 1. The largest absolute Gasteiger partial charge is 0.481 e. The Labute approximate surface area is 137 Å². The number of halogens is 2. The van der Waals surface area contributed by atoms with Gasteiger partial charge in [-0.25, -0.2) is 4.98 Å². The lowest BCUT2D eigenvalue weighted by atomic mass is 10.2. The summed E-state index contributed by atoms with van der Waals surface area (Å²) >= 11 is 0. The summed E-state index contributed by atoms with van der Waals surface area (Å²) in [6.45, 7) is -1.19. The number of hydrogen-bond acceptors (Lipinski definition) is 5. The molecule has 0 aliphatic carbocycles. The number of rotatable bonds is 7. The average molecular weight is 337 g/mol. The highest BCUT2D eigenvalue weighted by Crippen LogP contribution is 2.18. The first-order valence-corrected chi connectivity index (χ1v) is 7.10. The lowest BCUT2D eigenvalue weighted by Gasteiger charge is -2.15. The molecule has 0 aliphatic rings. The van der Waals surface area contributed by atoms with Crippen LogP contribution in [0.3, 0.4) is 0 Å². The zero-order valence-electron chi connectivity index (χ0n) is 13.1. The summed E-state index contributed by atoms with van der Waals surface area (Å²) < 4.78 is 33.4. The van der Waals surface area contributed by atoms with E-state index in [9.17, 15) is 13.6 Å². The number of nitrogens with zero attached hydrogens (tertiary/aromatic N) is 1. The molecule has 1 amide bonds. The van der Waals surface area contributed by atoms with E-state index in [-0.39, 0.29) is 11.7 Å². The molecular weight excluding hydrogens is 320 g/mol. The number of amides is 1. The standard InChI is InChI=1S/C16H17F2N3O3/c1-10(20-12-5-8-14(23-2)19-9-12)15(22)21-11-3-6-13(7-4-11)24-16(17)18/h3-10,16,20H,1-2H3,(H,21,22). The Morgan fingerprint density at radius 1 is 1.12 bits per heavy atom. The summed E-state index contributed by atoms with van der Waals surface area (Å²) in [5, 5.41) is 5.67. The van der Waals surface area contributed by atoms with Gasteiger partial charge in [-0.2, -0.15) is 8.78 Å². The van der Waals surface area contributed by atoms with Crippen molar-refractivity contribution in [3.63, 3.8) is 0 Å². The van der Waals surface area contributed by atoms with Crippen molar-refractivity contribution in [3.05, 3.63) is 42.6 Å². The van der Waals surface area contributed by atoms with Crippen molar-refractivity contribution < 1.29 is 23.0 Å². The molecule has 0 bridgehead atoms. The molecule has 128 valence electrons. The third-order valence-electron chi connectivity index (χ3n) is 3.07. The number of carbonyl (C=O) groups excluding carboxylic acids is 1. The van der Waals surface area contributed by atoms with Gasteiger partial charge in [-0.3, -0.25) is 4.79 Å². The summed E-state index contributed by atoms with van der Waals surface area (Å²) in [4.78, 5) is 16.2. The van der Waals surface area contributed by atoms with Gasteiger partial charge in [0, 0.05) is 11.8 Å². The topological polar surface area (TPSA) is 72.5 Å². The minimum Gasteiger partial charge on any atom is -0.481 e. The predicted octanol–water partition coefficient (Wildman–Crippen LogP) is 3.13. The second-order valence-electron chi connectivity index (χ2n) is 4.85. The molecule has 1 unspecified atom stereocenters. The van der Waals surface area contributed by atoms with Gasteiger partial charge in [0.15, 0.2) is 0 Å². The molecule has 0 aliphatic heterocycles. The van der Waals surface area contributed by atoms with Gasteiger partial charge in [0.1, 0.15) is 11.8 Å². The first-order chi connectivity index (χ1) is 11.5. The van der Waals surface area contributed by atoms with Crippen LogP contribution in [0.25, 0.3) is 0 Å². The van der Waals surface area contributed by atoms with E-state index >= 15 is 0 Å². The molecule has 1 aromatic heterocycles. The number of ether oxygens (including phenoxy) is 2. The van der Waals surface area contributed by atoms with Gasteiger partial charge in [0.2, 0.25) is 11.8 Å². The normalized spacial score (nSPS) is 11.7. The van der Waals surface area contributed by atoms with Gasteiger partial charge >= 0.3 is 6.61 Å². The number of nitrogens with one attached hydrogen (secondary N) is 2. The van der Waals surface area contributed by atoms with E-state index in [1.54, 1.807) is 25.3 Å². The minimum absolute atomic E-state index is 0.0264. The van der Waals surface area contributed by atoms with Crippen LogP contribution in [0.1, 0.15) is 6.92 Å². The molecule has 2 rings (SSSR count). The summed E-state index contributed by atoms with van der Waals surface area (Å²) in [6, 6.07) is 8.56. The number of hydrogen-bond donors (Lipinski definition) is 2. The second kappa shape index (κ2) is 8.09. The fourth-order valence-corrected chi connectivity index (χ4v) is 1.87. The third kappa shape index (κ3) is 5.08. The molecule has 0 fully saturated rings. The van der Waals surface area contributed by atoms with Crippen LogP contribution in [0.4, 0.5) is 20.2 Å². The zero-order valence-corrected chi connectivity index (χ0v) is 13.1. The Bertz CT molecular complexity index is 663. The van der Waals surface area contributed by atoms with Crippen LogP contribution >= 0.6 is 0 Å². The Balaban J connectivity index is 1.90. The number of carbonyl (C=O) groups is 1. The lowest BCUT2D eigenvalue weighted by molar-refractivity contribution is -0.116. The van der Waals surface area contributed by atoms with Crippen molar-refractivity contribution in [1.82, 2.24) is 4.98 Å². The second-order valence-corrected chi connectivity index (χ2v) is 4.85. The molecule has 2 aromatic rings. The molecule has 6 nitrogen and oxygen atoms in total. The molecule has 0 spiro atoms. The maximum atomic E-state index is 12.1. The van der Waals surface area contributed by atoms with Crippen LogP contribution in [-0.2, 0) is 4.79 Å². The summed E-state index contributed by atoms with van der Waals surface area (Å²) in [7, 11) is 1.52. The Morgan fingerprint density at radius 3 is 2.33 bits per heavy atom. The predicted molar refractivity (Wildman–Crippen MR) is 85.6 cm³/mol. The van der Waals surface area contributed by atoms with Crippen LogP contribution in [0.2, 0.25) is 0 Å². The molecule has 24 heavy (non-hydrogen) atoms. The number of methoxy groups -OCH3 is 1. The molecule has 8 heteroatoms. The maximum absolute atomic E-state index is 12.1. The highest BCUT2D eigenvalue weighted by atomic mass is 19.3. The van der Waals surface area contributed by atoms with Gasteiger partial charge < -0.3 is 20.1 Å². The first-order valence-electron chi connectivity index (χ1n) is 7.10. The molecule has 1 atom stereocenters. The lowest BCUT2D eigenvalue weighted by Crippen LogP contribution is -2.31. The Kier molecular flexibility index (Phi) is 5.89. The monoisotopic (exact) mass is 337 g/mol. The van der Waals surface area contributed by atoms with Crippen LogP contribution in [0, 0.1) is 0 Å². The minimum atomic E-state index is -2.88. The molecule has 1 heterocycles. The van der Waals surface area contributed by atoms with Crippen molar-refractivity contribution in [2.75, 3.05) is 17.7 Å². The van der Waals surface area contributed by atoms with Crippen molar-refractivity contribution >= 4 is 17.3 Å². The van der Waals surface area contributed by atoms with Crippen LogP contribution in [0.5, 0.6) is 11.6 Å². The number of aromatic nitrogens is 1. The third-order valence-corrected chi connectivity index (χ3v) is 3.07. The highest BCUT2D eigenvalue weighted by molar-refractivity contribution is 5.96. The number of pyridine rings is 1. The highest BCUT2D eigenvalue weighted by Gasteiger charge is 2.13. The fourth-order valence-electron chi connectivity index (χ4n) is 1.87. The number of anilines is 2. The van der Waals surface area contributed by atoms with Gasteiger partial charge in [-0.05, 0) is 37.3 Å².